The molecule has 62 heavy (non-hydrogen) atoms. The molecule has 0 unspecified atom stereocenters. The lowest BCUT2D eigenvalue weighted by Gasteiger charge is -2.15. The number of hydrogen-bond acceptors (Lipinski definition) is 3. The summed E-state index contributed by atoms with van der Waals surface area (Å²) in [6.45, 7) is 0. The van der Waals surface area contributed by atoms with Gasteiger partial charge in [0.15, 0.2) is 11.6 Å². The predicted molar refractivity (Wildman–Crippen MR) is 256 cm³/mol. The molecule has 0 aliphatic rings. The fraction of sp³-hybridized carbons (Fsp3) is 0. The van der Waals surface area contributed by atoms with Gasteiger partial charge < -0.3 is 4.57 Å². The standard InChI is InChI=1S/C57H37N5/c1-5-17-38(18-6-1)40-29-31-44(32-30-40)56-58-55(43-23-11-4-12-24-43)59-57(60-56)62-50-28-16-14-26-47(50)53-52-46-25-13-15-27-49(46)61(45-35-33-41(34-36-45)39-19-7-2-8-20-39)51(52)37-48(54(53)62)42-21-9-3-10-22-42/h1-37H. The number of aromatic nitrogens is 5. The van der Waals surface area contributed by atoms with Crippen LogP contribution in [0.5, 0.6) is 0 Å². The van der Waals surface area contributed by atoms with Crippen molar-refractivity contribution in [3.63, 3.8) is 0 Å². The van der Waals surface area contributed by atoms with E-state index in [1.165, 1.54) is 21.9 Å². The average molecular weight is 792 g/mol. The van der Waals surface area contributed by atoms with E-state index in [0.717, 1.165) is 71.9 Å². The van der Waals surface area contributed by atoms with Crippen LogP contribution in [0.4, 0.5) is 0 Å². The summed E-state index contributed by atoms with van der Waals surface area (Å²) in [7, 11) is 0. The highest BCUT2D eigenvalue weighted by Crippen LogP contribution is 2.46. The van der Waals surface area contributed by atoms with Crippen molar-refractivity contribution in [3.05, 3.63) is 224 Å². The molecule has 5 heteroatoms. The highest BCUT2D eigenvalue weighted by Gasteiger charge is 2.26. The van der Waals surface area contributed by atoms with Gasteiger partial charge in [0.05, 0.1) is 22.1 Å². The van der Waals surface area contributed by atoms with Crippen LogP contribution in [0.2, 0.25) is 0 Å². The summed E-state index contributed by atoms with van der Waals surface area (Å²) in [5, 5.41) is 4.65. The molecule has 9 aromatic carbocycles. The van der Waals surface area contributed by atoms with Gasteiger partial charge in [0.25, 0.3) is 0 Å². The van der Waals surface area contributed by atoms with E-state index < -0.39 is 0 Å². The first-order valence-corrected chi connectivity index (χ1v) is 21.0. The van der Waals surface area contributed by atoms with Crippen molar-refractivity contribution in [3.8, 4) is 67.8 Å². The second-order valence-electron chi connectivity index (χ2n) is 15.6. The van der Waals surface area contributed by atoms with Crippen molar-refractivity contribution >= 4 is 43.6 Å². The topological polar surface area (TPSA) is 48.5 Å². The second kappa shape index (κ2) is 14.7. The monoisotopic (exact) mass is 791 g/mol. The van der Waals surface area contributed by atoms with Crippen molar-refractivity contribution in [2.75, 3.05) is 0 Å². The van der Waals surface area contributed by atoms with Crippen LogP contribution in [-0.4, -0.2) is 24.1 Å². The lowest BCUT2D eigenvalue weighted by atomic mass is 9.98. The summed E-state index contributed by atoms with van der Waals surface area (Å²) < 4.78 is 4.69. The summed E-state index contributed by atoms with van der Waals surface area (Å²) in [6.07, 6.45) is 0. The highest BCUT2D eigenvalue weighted by molar-refractivity contribution is 6.31. The van der Waals surface area contributed by atoms with E-state index in [2.05, 4.69) is 209 Å². The average Bonchev–Trinajstić information content (AvgIpc) is 3.88. The zero-order valence-corrected chi connectivity index (χ0v) is 33.6. The molecule has 0 spiro atoms. The Bertz CT molecular complexity index is 3580. The maximum Gasteiger partial charge on any atom is 0.238 e. The number of benzene rings is 9. The van der Waals surface area contributed by atoms with E-state index in [0.29, 0.717) is 17.6 Å². The molecule has 0 fully saturated rings. The van der Waals surface area contributed by atoms with E-state index in [4.69, 9.17) is 15.0 Å². The Labute approximate surface area is 358 Å². The predicted octanol–water partition coefficient (Wildman–Crippen LogP) is 14.4. The number of nitrogens with zero attached hydrogens (tertiary/aromatic N) is 5. The van der Waals surface area contributed by atoms with Crippen LogP contribution in [0, 0.1) is 0 Å². The van der Waals surface area contributed by atoms with Gasteiger partial charge in [-0.15, -0.1) is 0 Å². The Morgan fingerprint density at radius 1 is 0.290 bits per heavy atom. The maximum absolute atomic E-state index is 5.37. The van der Waals surface area contributed by atoms with Crippen LogP contribution in [0.25, 0.3) is 111 Å². The Kier molecular flexibility index (Phi) is 8.42. The van der Waals surface area contributed by atoms with Crippen molar-refractivity contribution in [2.24, 2.45) is 0 Å². The van der Waals surface area contributed by atoms with E-state index >= 15 is 0 Å². The van der Waals surface area contributed by atoms with Crippen molar-refractivity contribution in [2.45, 2.75) is 0 Å². The number of fused-ring (bicyclic) bond motifs is 7. The molecule has 0 amide bonds. The molecule has 3 aromatic heterocycles. The molecule has 0 N–H and O–H groups in total. The molecule has 0 radical (unpaired) electrons. The van der Waals surface area contributed by atoms with Crippen molar-refractivity contribution in [1.82, 2.24) is 24.1 Å². The van der Waals surface area contributed by atoms with Crippen LogP contribution in [-0.2, 0) is 0 Å². The third-order valence-corrected chi connectivity index (χ3v) is 12.0. The molecule has 0 saturated heterocycles. The smallest absolute Gasteiger partial charge is 0.238 e. The van der Waals surface area contributed by atoms with Crippen molar-refractivity contribution in [1.29, 1.82) is 0 Å². The molecule has 0 bridgehead atoms. The Morgan fingerprint density at radius 2 is 0.694 bits per heavy atom. The lowest BCUT2D eigenvalue weighted by Crippen LogP contribution is -2.07. The van der Waals surface area contributed by atoms with Crippen LogP contribution < -0.4 is 0 Å². The fourth-order valence-electron chi connectivity index (χ4n) is 9.12. The fourth-order valence-corrected chi connectivity index (χ4v) is 9.12. The molecule has 12 aromatic rings. The molecule has 0 saturated carbocycles. The van der Waals surface area contributed by atoms with Gasteiger partial charge in [0, 0.05) is 43.9 Å². The SMILES string of the molecule is c1ccc(-c2ccc(-c3nc(-c4ccccc4)nc(-n4c5ccccc5c5c6c7ccccc7n(-c7ccc(-c8ccccc8)cc7)c6cc(-c6ccccc6)c54)n3)cc2)cc1. The van der Waals surface area contributed by atoms with Gasteiger partial charge in [-0.05, 0) is 58.1 Å². The Morgan fingerprint density at radius 3 is 1.26 bits per heavy atom. The molecular weight excluding hydrogens is 755 g/mol. The van der Waals surface area contributed by atoms with Crippen molar-refractivity contribution < 1.29 is 0 Å². The number of rotatable bonds is 7. The summed E-state index contributed by atoms with van der Waals surface area (Å²) in [4.78, 5) is 15.8. The maximum atomic E-state index is 5.37. The second-order valence-corrected chi connectivity index (χ2v) is 15.6. The zero-order valence-electron chi connectivity index (χ0n) is 33.6. The van der Waals surface area contributed by atoms with Crippen LogP contribution in [0.15, 0.2) is 224 Å². The number of para-hydroxylation sites is 2. The lowest BCUT2D eigenvalue weighted by molar-refractivity contribution is 0.954. The third-order valence-electron chi connectivity index (χ3n) is 12.0. The first-order chi connectivity index (χ1) is 30.8. The van der Waals surface area contributed by atoms with Crippen LogP contribution in [0.1, 0.15) is 0 Å². The molecule has 0 aliphatic heterocycles. The van der Waals surface area contributed by atoms with Gasteiger partial charge in [0.1, 0.15) is 0 Å². The first-order valence-electron chi connectivity index (χ1n) is 21.0. The van der Waals surface area contributed by atoms with Crippen LogP contribution in [0.3, 0.4) is 0 Å². The first kappa shape index (κ1) is 35.5. The molecule has 0 aliphatic carbocycles. The zero-order chi connectivity index (χ0) is 41.0. The van der Waals surface area contributed by atoms with Gasteiger partial charge in [0.2, 0.25) is 5.95 Å². The van der Waals surface area contributed by atoms with Crippen LogP contribution >= 0.6 is 0 Å². The highest BCUT2D eigenvalue weighted by atomic mass is 15.2. The minimum absolute atomic E-state index is 0.559. The van der Waals surface area contributed by atoms with Gasteiger partial charge in [-0.25, -0.2) is 4.98 Å². The molecule has 12 rings (SSSR count). The number of hydrogen-bond donors (Lipinski definition) is 0. The normalized spacial score (nSPS) is 11.5. The van der Waals surface area contributed by atoms with Gasteiger partial charge >= 0.3 is 0 Å². The quantitative estimate of drug-likeness (QED) is 0.162. The minimum atomic E-state index is 0.559. The van der Waals surface area contributed by atoms with E-state index in [-0.39, 0.29) is 0 Å². The third kappa shape index (κ3) is 5.90. The summed E-state index contributed by atoms with van der Waals surface area (Å²) >= 11 is 0. The molecular formula is C57H37N5. The van der Waals surface area contributed by atoms with Gasteiger partial charge in [-0.3, -0.25) is 4.57 Å². The Balaban J connectivity index is 1.16. The molecule has 5 nitrogen and oxygen atoms in total. The minimum Gasteiger partial charge on any atom is -0.309 e. The van der Waals surface area contributed by atoms with Gasteiger partial charge in [-0.2, -0.15) is 9.97 Å². The molecule has 290 valence electrons. The summed E-state index contributed by atoms with van der Waals surface area (Å²) in [6, 6.07) is 79.2. The van der Waals surface area contributed by atoms with E-state index in [1.54, 1.807) is 0 Å². The van der Waals surface area contributed by atoms with E-state index in [1.807, 2.05) is 24.3 Å². The molecule has 0 atom stereocenters. The Hall–Kier alpha value is -8.41. The van der Waals surface area contributed by atoms with Gasteiger partial charge in [-0.1, -0.05) is 194 Å². The molecule has 3 heterocycles. The summed E-state index contributed by atoms with van der Waals surface area (Å²) in [5.41, 5.74) is 14.2. The largest absolute Gasteiger partial charge is 0.309 e. The van der Waals surface area contributed by atoms with E-state index in [9.17, 15) is 0 Å². The summed E-state index contributed by atoms with van der Waals surface area (Å²) in [5.74, 6) is 1.78.